The smallest absolute Gasteiger partial charge is 0.162 e. The highest BCUT2D eigenvalue weighted by Crippen LogP contribution is 2.39. The van der Waals surface area contributed by atoms with Crippen LogP contribution < -0.4 is 22.1 Å². The standard InChI is InChI=1S/C14H18N4OS2.CH5N/c1-20-9-6-11(18-4-2-8(15)3-5-18)17-14-12(9)13(16)10(7-19)21-14;1-2/h6-8H,2-5,15-16H2,1H3;2H2,1H3. The van der Waals surface area contributed by atoms with Crippen molar-refractivity contribution in [1.29, 1.82) is 0 Å². The van der Waals surface area contributed by atoms with E-state index in [1.54, 1.807) is 11.8 Å². The first-order chi connectivity index (χ1) is 11.1. The van der Waals surface area contributed by atoms with Crippen LogP contribution in [0.3, 0.4) is 0 Å². The van der Waals surface area contributed by atoms with E-state index >= 15 is 0 Å². The fraction of sp³-hybridized carbons (Fsp3) is 0.467. The molecule has 0 radical (unpaired) electrons. The number of rotatable bonds is 3. The maximum absolute atomic E-state index is 11.1. The average Bonchev–Trinajstić information content (AvgIpc) is 2.92. The molecule has 0 saturated carbocycles. The fourth-order valence-electron chi connectivity index (χ4n) is 2.63. The van der Waals surface area contributed by atoms with Crippen LogP contribution in [0.1, 0.15) is 22.5 Å². The topological polar surface area (TPSA) is 111 Å². The predicted molar refractivity (Wildman–Crippen MR) is 101 cm³/mol. The lowest BCUT2D eigenvalue weighted by molar-refractivity contribution is 0.112. The minimum absolute atomic E-state index is 0.295. The predicted octanol–water partition coefficient (Wildman–Crippen LogP) is 1.92. The number of nitrogen functional groups attached to an aromatic ring is 1. The highest BCUT2D eigenvalue weighted by atomic mass is 32.2. The van der Waals surface area contributed by atoms with Gasteiger partial charge in [0, 0.05) is 29.4 Å². The van der Waals surface area contributed by atoms with Gasteiger partial charge in [-0.1, -0.05) is 0 Å². The summed E-state index contributed by atoms with van der Waals surface area (Å²) in [4.78, 5) is 20.5. The van der Waals surface area contributed by atoms with Crippen LogP contribution in [0.5, 0.6) is 0 Å². The number of aromatic nitrogens is 1. The summed E-state index contributed by atoms with van der Waals surface area (Å²) >= 11 is 3.00. The van der Waals surface area contributed by atoms with E-state index in [0.29, 0.717) is 16.6 Å². The van der Waals surface area contributed by atoms with Crippen molar-refractivity contribution in [3.05, 3.63) is 10.9 Å². The Balaban J connectivity index is 0.000000924. The van der Waals surface area contributed by atoms with Gasteiger partial charge in [0.05, 0.1) is 10.6 Å². The van der Waals surface area contributed by atoms with E-state index in [1.165, 1.54) is 18.4 Å². The lowest BCUT2D eigenvalue weighted by atomic mass is 10.1. The number of carbonyl (C=O) groups is 1. The van der Waals surface area contributed by atoms with Gasteiger partial charge in [-0.3, -0.25) is 4.79 Å². The average molecular weight is 354 g/mol. The summed E-state index contributed by atoms with van der Waals surface area (Å²) < 4.78 is 0. The summed E-state index contributed by atoms with van der Waals surface area (Å²) in [7, 11) is 1.50. The van der Waals surface area contributed by atoms with Gasteiger partial charge in [0.1, 0.15) is 10.6 Å². The van der Waals surface area contributed by atoms with Crippen molar-refractivity contribution >= 4 is 51.1 Å². The second kappa shape index (κ2) is 7.96. The Morgan fingerprint density at radius 1 is 1.39 bits per heavy atom. The Hall–Kier alpha value is -1.35. The molecule has 6 nitrogen and oxygen atoms in total. The van der Waals surface area contributed by atoms with Crippen molar-refractivity contribution in [3.63, 3.8) is 0 Å². The Morgan fingerprint density at radius 3 is 2.61 bits per heavy atom. The SMILES string of the molecule is CN.CSc1cc(N2CCC(N)CC2)nc2sc(C=O)c(N)c12. The summed E-state index contributed by atoms with van der Waals surface area (Å²) in [6.45, 7) is 1.85. The van der Waals surface area contributed by atoms with Crippen molar-refractivity contribution in [2.45, 2.75) is 23.8 Å². The normalized spacial score (nSPS) is 15.4. The van der Waals surface area contributed by atoms with Crippen LogP contribution in [0.4, 0.5) is 11.5 Å². The molecule has 2 aromatic rings. The number of hydrogen-bond acceptors (Lipinski definition) is 8. The third kappa shape index (κ3) is 3.60. The zero-order valence-corrected chi connectivity index (χ0v) is 15.0. The van der Waals surface area contributed by atoms with Gasteiger partial charge in [-0.05, 0) is 32.2 Å². The summed E-state index contributed by atoms with van der Waals surface area (Å²) in [5.41, 5.74) is 17.1. The van der Waals surface area contributed by atoms with Crippen LogP contribution in [0, 0.1) is 0 Å². The number of thioether (sulfide) groups is 1. The molecule has 0 spiro atoms. The molecule has 6 N–H and O–H groups in total. The summed E-state index contributed by atoms with van der Waals surface area (Å²) in [5, 5.41) is 0.909. The van der Waals surface area contributed by atoms with Crippen LogP contribution in [0.15, 0.2) is 11.0 Å². The molecule has 0 bridgehead atoms. The van der Waals surface area contributed by atoms with Crippen molar-refractivity contribution in [2.75, 3.05) is 37.0 Å². The zero-order chi connectivity index (χ0) is 17.0. The van der Waals surface area contributed by atoms with E-state index in [9.17, 15) is 4.79 Å². The van der Waals surface area contributed by atoms with Gasteiger partial charge in [-0.2, -0.15) is 0 Å². The minimum atomic E-state index is 0.295. The fourth-order valence-corrected chi connectivity index (χ4v) is 4.26. The largest absolute Gasteiger partial charge is 0.397 e. The molecular formula is C15H23N5OS2. The Labute approximate surface area is 144 Å². The lowest BCUT2D eigenvalue weighted by Gasteiger charge is -2.31. The van der Waals surface area contributed by atoms with Crippen molar-refractivity contribution in [2.24, 2.45) is 11.5 Å². The van der Waals surface area contributed by atoms with E-state index in [1.807, 2.05) is 6.26 Å². The highest BCUT2D eigenvalue weighted by molar-refractivity contribution is 7.98. The van der Waals surface area contributed by atoms with Crippen LogP contribution in [0.25, 0.3) is 10.2 Å². The van der Waals surface area contributed by atoms with Gasteiger partial charge < -0.3 is 22.1 Å². The van der Waals surface area contributed by atoms with Gasteiger partial charge in [-0.15, -0.1) is 23.1 Å². The lowest BCUT2D eigenvalue weighted by Crippen LogP contribution is -2.40. The molecule has 1 saturated heterocycles. The number of fused-ring (bicyclic) bond motifs is 1. The van der Waals surface area contributed by atoms with E-state index in [0.717, 1.165) is 53.1 Å². The first kappa shape index (κ1) is 18.0. The first-order valence-electron chi connectivity index (χ1n) is 7.44. The molecule has 3 rings (SSSR count). The number of piperidine rings is 1. The van der Waals surface area contributed by atoms with Crippen LogP contribution in [0.2, 0.25) is 0 Å². The number of thiophene rings is 1. The molecule has 1 fully saturated rings. The molecule has 1 aliphatic rings. The summed E-state index contributed by atoms with van der Waals surface area (Å²) in [6.07, 6.45) is 4.80. The maximum Gasteiger partial charge on any atom is 0.162 e. The summed E-state index contributed by atoms with van der Waals surface area (Å²) in [6, 6.07) is 2.37. The Morgan fingerprint density at radius 2 is 2.04 bits per heavy atom. The molecule has 0 aliphatic carbocycles. The van der Waals surface area contributed by atoms with Crippen LogP contribution in [-0.4, -0.2) is 43.7 Å². The second-order valence-electron chi connectivity index (χ2n) is 5.19. The molecule has 0 amide bonds. The zero-order valence-electron chi connectivity index (χ0n) is 13.4. The third-order valence-corrected chi connectivity index (χ3v) is 5.66. The van der Waals surface area contributed by atoms with Gasteiger partial charge in [0.2, 0.25) is 0 Å². The van der Waals surface area contributed by atoms with E-state index < -0.39 is 0 Å². The van der Waals surface area contributed by atoms with Crippen LogP contribution >= 0.6 is 23.1 Å². The van der Waals surface area contributed by atoms with Crippen molar-refractivity contribution in [3.8, 4) is 0 Å². The number of nitrogens with zero attached hydrogens (tertiary/aromatic N) is 2. The quantitative estimate of drug-likeness (QED) is 0.571. The van der Waals surface area contributed by atoms with Gasteiger partial charge in [-0.25, -0.2) is 4.98 Å². The van der Waals surface area contributed by atoms with Crippen LogP contribution in [-0.2, 0) is 0 Å². The number of aldehydes is 1. The third-order valence-electron chi connectivity index (χ3n) is 3.87. The number of carbonyl (C=O) groups excluding carboxylic acids is 1. The molecule has 1 aliphatic heterocycles. The van der Waals surface area contributed by atoms with Crippen molar-refractivity contribution in [1.82, 2.24) is 4.98 Å². The molecule has 0 atom stereocenters. The molecule has 126 valence electrons. The molecule has 8 heteroatoms. The Bertz CT molecular complexity index is 680. The van der Waals surface area contributed by atoms with E-state index in [4.69, 9.17) is 16.5 Å². The van der Waals surface area contributed by atoms with E-state index in [-0.39, 0.29) is 0 Å². The number of hydrogen-bond donors (Lipinski definition) is 3. The summed E-state index contributed by atoms with van der Waals surface area (Å²) in [5.74, 6) is 0.956. The van der Waals surface area contributed by atoms with E-state index in [2.05, 4.69) is 16.7 Å². The molecule has 2 aromatic heterocycles. The van der Waals surface area contributed by atoms with Gasteiger partial charge in [0.15, 0.2) is 6.29 Å². The minimum Gasteiger partial charge on any atom is -0.397 e. The highest BCUT2D eigenvalue weighted by Gasteiger charge is 2.21. The number of anilines is 2. The number of nitrogens with two attached hydrogens (primary N) is 3. The first-order valence-corrected chi connectivity index (χ1v) is 9.48. The molecule has 0 aromatic carbocycles. The van der Waals surface area contributed by atoms with Gasteiger partial charge in [0.25, 0.3) is 0 Å². The molecule has 0 unspecified atom stereocenters. The molecule has 23 heavy (non-hydrogen) atoms. The molecular weight excluding hydrogens is 330 g/mol. The Kier molecular flexibility index (Phi) is 6.23. The van der Waals surface area contributed by atoms with Gasteiger partial charge >= 0.3 is 0 Å². The van der Waals surface area contributed by atoms with Crippen molar-refractivity contribution < 1.29 is 4.79 Å². The number of pyridine rings is 1. The molecule has 3 heterocycles. The maximum atomic E-state index is 11.1. The monoisotopic (exact) mass is 353 g/mol. The second-order valence-corrected chi connectivity index (χ2v) is 7.06.